The maximum Gasteiger partial charge on any atom is 0.228 e. The number of carbonyl (C=O) groups excluding carboxylic acids is 3. The topological polar surface area (TPSA) is 91.7 Å². The molecule has 2 aromatic carbocycles. The molecule has 172 valence electrons. The van der Waals surface area contributed by atoms with Gasteiger partial charge in [-0.2, -0.15) is 0 Å². The highest BCUT2D eigenvalue weighted by Crippen LogP contribution is 2.45. The molecule has 0 unspecified atom stereocenters. The van der Waals surface area contributed by atoms with Crippen molar-refractivity contribution in [2.45, 2.75) is 38.1 Å². The third-order valence-electron chi connectivity index (χ3n) is 6.14. The summed E-state index contributed by atoms with van der Waals surface area (Å²) in [6.07, 6.45) is 3.45. The van der Waals surface area contributed by atoms with Crippen molar-refractivity contribution in [1.29, 1.82) is 0 Å². The first-order valence-corrected chi connectivity index (χ1v) is 11.4. The molecule has 0 bridgehead atoms. The third kappa shape index (κ3) is 4.24. The standard InChI is InChI=1S/C27H25N3O4/c31-22-13-6-11-20-26(22)27(23-14-7-17-34-23)30(21-12-5-4-10-19(21)29-20)25(33)16-15-24(32)28-18-8-2-1-3-9-18/h1-5,7-10,12,14,17,27,29H,6,11,13,15-16H2,(H,28,32)/t27-/m1/s1. The van der Waals surface area contributed by atoms with E-state index in [-0.39, 0.29) is 30.4 Å². The normalized spacial score (nSPS) is 17.4. The van der Waals surface area contributed by atoms with Gasteiger partial charge in [-0.3, -0.25) is 19.3 Å². The van der Waals surface area contributed by atoms with Crippen molar-refractivity contribution in [1.82, 2.24) is 0 Å². The molecule has 1 aromatic heterocycles. The van der Waals surface area contributed by atoms with E-state index in [0.29, 0.717) is 35.5 Å². The number of hydrogen-bond donors (Lipinski definition) is 2. The molecule has 1 aliphatic heterocycles. The molecule has 7 heteroatoms. The summed E-state index contributed by atoms with van der Waals surface area (Å²) in [5.74, 6) is 0.0147. The number of ketones is 1. The Hall–Kier alpha value is -4.13. The molecule has 7 nitrogen and oxygen atoms in total. The Balaban J connectivity index is 1.49. The van der Waals surface area contributed by atoms with Crippen molar-refractivity contribution in [3.8, 4) is 0 Å². The molecule has 0 saturated heterocycles. The van der Waals surface area contributed by atoms with E-state index in [4.69, 9.17) is 4.42 Å². The maximum atomic E-state index is 13.7. The van der Waals surface area contributed by atoms with E-state index in [9.17, 15) is 14.4 Å². The van der Waals surface area contributed by atoms with E-state index >= 15 is 0 Å². The van der Waals surface area contributed by atoms with Crippen LogP contribution in [0.4, 0.5) is 17.1 Å². The van der Waals surface area contributed by atoms with E-state index in [1.807, 2.05) is 42.5 Å². The van der Waals surface area contributed by atoms with Crippen LogP contribution in [0.25, 0.3) is 0 Å². The minimum Gasteiger partial charge on any atom is -0.467 e. The molecular formula is C27H25N3O4. The number of nitrogens with zero attached hydrogens (tertiary/aromatic N) is 1. The van der Waals surface area contributed by atoms with Crippen LogP contribution < -0.4 is 15.5 Å². The lowest BCUT2D eigenvalue weighted by molar-refractivity contribution is -0.123. The zero-order valence-corrected chi connectivity index (χ0v) is 18.6. The van der Waals surface area contributed by atoms with Crippen LogP contribution in [0.1, 0.15) is 43.9 Å². The average Bonchev–Trinajstić information content (AvgIpc) is 3.33. The highest BCUT2D eigenvalue weighted by atomic mass is 16.3. The number of benzene rings is 2. The summed E-state index contributed by atoms with van der Waals surface area (Å²) in [7, 11) is 0. The van der Waals surface area contributed by atoms with Gasteiger partial charge < -0.3 is 15.1 Å². The quantitative estimate of drug-likeness (QED) is 0.551. The van der Waals surface area contributed by atoms with Crippen LogP contribution in [-0.4, -0.2) is 17.6 Å². The van der Waals surface area contributed by atoms with E-state index in [0.717, 1.165) is 17.8 Å². The molecule has 2 heterocycles. The summed E-state index contributed by atoms with van der Waals surface area (Å²) in [6, 6.07) is 19.5. The number of amides is 2. The number of hydrogen-bond acceptors (Lipinski definition) is 5. The second kappa shape index (κ2) is 9.39. The number of rotatable bonds is 5. The van der Waals surface area contributed by atoms with Crippen molar-refractivity contribution >= 4 is 34.7 Å². The number of carbonyl (C=O) groups is 3. The van der Waals surface area contributed by atoms with Crippen molar-refractivity contribution in [2.75, 3.05) is 15.5 Å². The Kier molecular flexibility index (Phi) is 5.99. The summed E-state index contributed by atoms with van der Waals surface area (Å²) < 4.78 is 5.74. The van der Waals surface area contributed by atoms with Gasteiger partial charge in [-0.25, -0.2) is 0 Å². The maximum absolute atomic E-state index is 13.7. The van der Waals surface area contributed by atoms with Crippen LogP contribution >= 0.6 is 0 Å². The fourth-order valence-electron chi connectivity index (χ4n) is 4.61. The van der Waals surface area contributed by atoms with E-state index in [1.165, 1.54) is 0 Å². The molecule has 0 fully saturated rings. The first kappa shape index (κ1) is 21.7. The molecule has 5 rings (SSSR count). The third-order valence-corrected chi connectivity index (χ3v) is 6.14. The molecule has 0 spiro atoms. The highest BCUT2D eigenvalue weighted by molar-refractivity contribution is 6.06. The number of allylic oxidation sites excluding steroid dienone is 1. The zero-order valence-electron chi connectivity index (χ0n) is 18.6. The lowest BCUT2D eigenvalue weighted by Crippen LogP contribution is -2.38. The van der Waals surface area contributed by atoms with Crippen molar-refractivity contribution < 1.29 is 18.8 Å². The van der Waals surface area contributed by atoms with Gasteiger partial charge >= 0.3 is 0 Å². The van der Waals surface area contributed by atoms with Crippen molar-refractivity contribution in [2.24, 2.45) is 0 Å². The Morgan fingerprint density at radius 3 is 2.56 bits per heavy atom. The predicted molar refractivity (Wildman–Crippen MR) is 129 cm³/mol. The van der Waals surface area contributed by atoms with Gasteiger partial charge in [0.25, 0.3) is 0 Å². The van der Waals surface area contributed by atoms with Crippen LogP contribution in [-0.2, 0) is 14.4 Å². The van der Waals surface area contributed by atoms with Gasteiger partial charge in [-0.1, -0.05) is 30.3 Å². The minimum atomic E-state index is -0.696. The molecule has 0 radical (unpaired) electrons. The number of fused-ring (bicyclic) bond motifs is 1. The molecule has 0 saturated carbocycles. The minimum absolute atomic E-state index is 0.00239. The van der Waals surface area contributed by atoms with Crippen molar-refractivity contribution in [3.05, 3.63) is 90.0 Å². The molecule has 2 aliphatic rings. The number of anilines is 3. The molecule has 3 aromatic rings. The van der Waals surface area contributed by atoms with E-state index in [2.05, 4.69) is 10.6 Å². The first-order chi connectivity index (χ1) is 16.6. The lowest BCUT2D eigenvalue weighted by atomic mass is 9.88. The van der Waals surface area contributed by atoms with Crippen LogP contribution in [0.3, 0.4) is 0 Å². The molecule has 1 atom stereocenters. The fourth-order valence-corrected chi connectivity index (χ4v) is 4.61. The van der Waals surface area contributed by atoms with E-state index < -0.39 is 6.04 Å². The summed E-state index contributed by atoms with van der Waals surface area (Å²) in [5.41, 5.74) is 3.46. The van der Waals surface area contributed by atoms with Crippen LogP contribution in [0.2, 0.25) is 0 Å². The van der Waals surface area contributed by atoms with Crippen LogP contribution in [0.15, 0.2) is 88.7 Å². The van der Waals surface area contributed by atoms with Gasteiger partial charge in [0.15, 0.2) is 5.78 Å². The zero-order chi connectivity index (χ0) is 23.5. The van der Waals surface area contributed by atoms with Gasteiger partial charge in [-0.05, 0) is 49.2 Å². The fraction of sp³-hybridized carbons (Fsp3) is 0.222. The second-order valence-electron chi connectivity index (χ2n) is 8.41. The number of Topliss-reactive ketones (excluding diaryl/α,β-unsaturated/α-hetero) is 1. The Labute approximate surface area is 197 Å². The largest absolute Gasteiger partial charge is 0.467 e. The molecule has 2 amide bonds. The molecule has 1 aliphatic carbocycles. The van der Waals surface area contributed by atoms with Gasteiger partial charge in [0.1, 0.15) is 11.8 Å². The summed E-state index contributed by atoms with van der Waals surface area (Å²) >= 11 is 0. The molecule has 2 N–H and O–H groups in total. The second-order valence-corrected chi connectivity index (χ2v) is 8.41. The number of nitrogens with one attached hydrogen (secondary N) is 2. The number of furan rings is 1. The van der Waals surface area contributed by atoms with Gasteiger partial charge in [0, 0.05) is 36.2 Å². The Morgan fingerprint density at radius 1 is 0.971 bits per heavy atom. The highest BCUT2D eigenvalue weighted by Gasteiger charge is 2.40. The summed E-state index contributed by atoms with van der Waals surface area (Å²) in [6.45, 7) is 0. The van der Waals surface area contributed by atoms with Crippen LogP contribution in [0, 0.1) is 0 Å². The van der Waals surface area contributed by atoms with E-state index in [1.54, 1.807) is 35.4 Å². The molecular weight excluding hydrogens is 430 g/mol. The Morgan fingerprint density at radius 2 is 1.76 bits per heavy atom. The number of para-hydroxylation sites is 3. The average molecular weight is 456 g/mol. The summed E-state index contributed by atoms with van der Waals surface area (Å²) in [5, 5.41) is 6.23. The van der Waals surface area contributed by atoms with Gasteiger partial charge in [0.05, 0.1) is 17.6 Å². The van der Waals surface area contributed by atoms with Crippen molar-refractivity contribution in [3.63, 3.8) is 0 Å². The first-order valence-electron chi connectivity index (χ1n) is 11.4. The monoisotopic (exact) mass is 455 g/mol. The predicted octanol–water partition coefficient (Wildman–Crippen LogP) is 5.21. The molecule has 34 heavy (non-hydrogen) atoms. The summed E-state index contributed by atoms with van der Waals surface area (Å²) in [4.78, 5) is 41.0. The smallest absolute Gasteiger partial charge is 0.228 e. The lowest BCUT2D eigenvalue weighted by Gasteiger charge is -2.32. The van der Waals surface area contributed by atoms with Gasteiger partial charge in [0.2, 0.25) is 11.8 Å². The SMILES string of the molecule is O=C(CCC(=O)N1c2ccccc2NC2=C(C(=O)CCC2)[C@H]1c1ccco1)Nc1ccccc1. The van der Waals surface area contributed by atoms with Crippen LogP contribution in [0.5, 0.6) is 0 Å². The Bertz CT molecular complexity index is 1250. The van der Waals surface area contributed by atoms with Gasteiger partial charge in [-0.15, -0.1) is 0 Å².